The molecule has 11 nitrogen and oxygen atoms in total. The first-order valence-corrected chi connectivity index (χ1v) is 11.8. The summed E-state index contributed by atoms with van der Waals surface area (Å²) in [5.41, 5.74) is 5.94. The van der Waals surface area contributed by atoms with Gasteiger partial charge in [-0.3, -0.25) is 19.2 Å². The van der Waals surface area contributed by atoms with E-state index < -0.39 is 60.2 Å². The van der Waals surface area contributed by atoms with E-state index >= 15 is 0 Å². The van der Waals surface area contributed by atoms with E-state index in [4.69, 9.17) is 10.8 Å². The van der Waals surface area contributed by atoms with Crippen molar-refractivity contribution in [2.75, 3.05) is 0 Å². The maximum atomic E-state index is 13.1. The molecule has 34 heavy (non-hydrogen) atoms. The van der Waals surface area contributed by atoms with Crippen LogP contribution in [0.25, 0.3) is 0 Å². The van der Waals surface area contributed by atoms with Gasteiger partial charge in [0, 0.05) is 6.42 Å². The average molecular weight is 487 g/mol. The summed E-state index contributed by atoms with van der Waals surface area (Å²) in [6, 6.07) is -4.18. The summed E-state index contributed by atoms with van der Waals surface area (Å²) in [7, 11) is 0. The molecule has 0 bridgehead atoms. The zero-order valence-electron chi connectivity index (χ0n) is 21.1. The largest absolute Gasteiger partial charge is 0.481 e. The predicted molar refractivity (Wildman–Crippen MR) is 127 cm³/mol. The van der Waals surface area contributed by atoms with Gasteiger partial charge in [0.1, 0.15) is 18.1 Å². The van der Waals surface area contributed by atoms with Gasteiger partial charge in [-0.05, 0) is 37.0 Å². The van der Waals surface area contributed by atoms with Gasteiger partial charge in [0.25, 0.3) is 0 Å². The zero-order chi connectivity index (χ0) is 26.6. The Morgan fingerprint density at radius 3 is 1.74 bits per heavy atom. The van der Waals surface area contributed by atoms with Crippen LogP contribution in [0.4, 0.5) is 0 Å². The van der Waals surface area contributed by atoms with Crippen LogP contribution in [0.2, 0.25) is 0 Å². The van der Waals surface area contributed by atoms with Crippen molar-refractivity contribution in [2.24, 2.45) is 23.5 Å². The Kier molecular flexibility index (Phi) is 14.1. The Bertz CT molecular complexity index is 711. The van der Waals surface area contributed by atoms with Crippen molar-refractivity contribution < 1.29 is 34.2 Å². The summed E-state index contributed by atoms with van der Waals surface area (Å²) in [6.07, 6.45) is 0.545. The van der Waals surface area contributed by atoms with E-state index in [0.29, 0.717) is 19.3 Å². The Balaban J connectivity index is 5.55. The molecule has 0 aromatic heterocycles. The maximum absolute atomic E-state index is 13.1. The van der Waals surface area contributed by atoms with E-state index in [1.807, 2.05) is 34.6 Å². The molecule has 0 fully saturated rings. The summed E-state index contributed by atoms with van der Waals surface area (Å²) in [5, 5.41) is 25.8. The van der Waals surface area contributed by atoms with Gasteiger partial charge in [0.2, 0.25) is 17.7 Å². The van der Waals surface area contributed by atoms with E-state index in [2.05, 4.69) is 16.0 Å². The summed E-state index contributed by atoms with van der Waals surface area (Å²) in [6.45, 7) is 11.2. The van der Waals surface area contributed by atoms with E-state index in [-0.39, 0.29) is 24.2 Å². The highest BCUT2D eigenvalue weighted by Gasteiger charge is 2.33. The van der Waals surface area contributed by atoms with Crippen LogP contribution in [0.3, 0.4) is 0 Å². The Morgan fingerprint density at radius 1 is 0.765 bits per heavy atom. The highest BCUT2D eigenvalue weighted by atomic mass is 16.4. The van der Waals surface area contributed by atoms with Gasteiger partial charge in [0.05, 0.1) is 6.04 Å². The normalized spacial score (nSPS) is 15.7. The van der Waals surface area contributed by atoms with E-state index in [1.165, 1.54) is 0 Å². The van der Waals surface area contributed by atoms with Crippen molar-refractivity contribution in [1.82, 2.24) is 16.0 Å². The van der Waals surface area contributed by atoms with Crippen LogP contribution in [0.1, 0.15) is 73.6 Å². The highest BCUT2D eigenvalue weighted by molar-refractivity contribution is 5.94. The van der Waals surface area contributed by atoms with Crippen LogP contribution < -0.4 is 21.7 Å². The van der Waals surface area contributed by atoms with Gasteiger partial charge in [0.15, 0.2) is 0 Å². The molecular weight excluding hydrogens is 444 g/mol. The summed E-state index contributed by atoms with van der Waals surface area (Å²) < 4.78 is 0. The fourth-order valence-corrected chi connectivity index (χ4v) is 3.34. The first kappa shape index (κ1) is 31.3. The van der Waals surface area contributed by atoms with E-state index in [9.17, 15) is 29.1 Å². The average Bonchev–Trinajstić information content (AvgIpc) is 2.72. The Labute approximate surface area is 201 Å². The SMILES string of the molecule is CCC(C)C(NC(=O)C(CC(C)C)NC(=O)C(N)CC(C)C)C(=O)NC(CCC(=O)O)C(=O)O. The number of aliphatic carboxylic acids is 2. The Hall–Kier alpha value is -2.69. The minimum absolute atomic E-state index is 0.0562. The number of nitrogens with two attached hydrogens (primary N) is 1. The number of hydrogen-bond donors (Lipinski definition) is 6. The number of amides is 3. The number of carbonyl (C=O) groups excluding carboxylic acids is 3. The fourth-order valence-electron chi connectivity index (χ4n) is 3.34. The second-order valence-electron chi connectivity index (χ2n) is 9.63. The zero-order valence-corrected chi connectivity index (χ0v) is 21.1. The maximum Gasteiger partial charge on any atom is 0.326 e. The molecule has 0 aromatic rings. The molecule has 0 heterocycles. The quantitative estimate of drug-likeness (QED) is 0.185. The van der Waals surface area contributed by atoms with Crippen molar-refractivity contribution in [3.63, 3.8) is 0 Å². The molecular formula is C23H42N4O7. The lowest BCUT2D eigenvalue weighted by atomic mass is 9.96. The lowest BCUT2D eigenvalue weighted by Gasteiger charge is -2.28. The van der Waals surface area contributed by atoms with Crippen LogP contribution in [-0.2, 0) is 24.0 Å². The molecule has 0 saturated carbocycles. The molecule has 0 aliphatic carbocycles. The van der Waals surface area contributed by atoms with Crippen molar-refractivity contribution in [3.8, 4) is 0 Å². The van der Waals surface area contributed by atoms with Crippen LogP contribution in [0, 0.1) is 17.8 Å². The molecule has 5 atom stereocenters. The molecule has 0 rings (SSSR count). The predicted octanol–water partition coefficient (Wildman–Crippen LogP) is 0.856. The smallest absolute Gasteiger partial charge is 0.326 e. The second-order valence-corrected chi connectivity index (χ2v) is 9.63. The van der Waals surface area contributed by atoms with Crippen LogP contribution >= 0.6 is 0 Å². The van der Waals surface area contributed by atoms with Crippen molar-refractivity contribution in [1.29, 1.82) is 0 Å². The lowest BCUT2D eigenvalue weighted by Crippen LogP contribution is -2.59. The topological polar surface area (TPSA) is 188 Å². The molecule has 0 saturated heterocycles. The second kappa shape index (κ2) is 15.3. The number of nitrogens with one attached hydrogen (secondary N) is 3. The Morgan fingerprint density at radius 2 is 1.29 bits per heavy atom. The van der Waals surface area contributed by atoms with Crippen molar-refractivity contribution in [2.45, 2.75) is 97.8 Å². The molecule has 0 aromatic carbocycles. The summed E-state index contributed by atoms with van der Waals surface area (Å²) in [5.74, 6) is -4.41. The molecule has 0 aliphatic heterocycles. The first-order valence-electron chi connectivity index (χ1n) is 11.8. The molecule has 0 spiro atoms. The van der Waals surface area contributed by atoms with Crippen LogP contribution in [-0.4, -0.2) is 64.0 Å². The molecule has 0 aliphatic rings. The van der Waals surface area contributed by atoms with Gasteiger partial charge in [-0.1, -0.05) is 48.0 Å². The number of rotatable bonds is 16. The highest BCUT2D eigenvalue weighted by Crippen LogP contribution is 2.12. The number of carboxylic acids is 2. The van der Waals surface area contributed by atoms with Crippen molar-refractivity contribution in [3.05, 3.63) is 0 Å². The van der Waals surface area contributed by atoms with Gasteiger partial charge in [-0.25, -0.2) is 4.79 Å². The number of hydrogen-bond acceptors (Lipinski definition) is 6. The molecule has 0 radical (unpaired) electrons. The van der Waals surface area contributed by atoms with Gasteiger partial charge in [-0.15, -0.1) is 0 Å². The first-order chi connectivity index (χ1) is 15.7. The third-order valence-corrected chi connectivity index (χ3v) is 5.46. The monoisotopic (exact) mass is 486 g/mol. The summed E-state index contributed by atoms with van der Waals surface area (Å²) in [4.78, 5) is 60.8. The number of carboxylic acid groups (broad SMARTS) is 2. The minimum atomic E-state index is -1.41. The molecule has 5 unspecified atom stereocenters. The fraction of sp³-hybridized carbons (Fsp3) is 0.783. The number of carbonyl (C=O) groups is 5. The third-order valence-electron chi connectivity index (χ3n) is 5.46. The van der Waals surface area contributed by atoms with Gasteiger partial charge >= 0.3 is 11.9 Å². The lowest BCUT2D eigenvalue weighted by molar-refractivity contribution is -0.143. The van der Waals surface area contributed by atoms with Gasteiger partial charge in [-0.2, -0.15) is 0 Å². The molecule has 3 amide bonds. The molecule has 196 valence electrons. The standard InChI is InChI=1S/C23H42N4O7/c1-7-14(6)19(22(32)25-16(23(33)34)8-9-18(28)29)27-21(31)17(11-13(4)5)26-20(30)15(24)10-12(2)3/h12-17,19H,7-11,24H2,1-6H3,(H,25,32)(H,26,30)(H,27,31)(H,28,29)(H,33,34). The summed E-state index contributed by atoms with van der Waals surface area (Å²) >= 11 is 0. The van der Waals surface area contributed by atoms with Crippen molar-refractivity contribution >= 4 is 29.7 Å². The third kappa shape index (κ3) is 12.0. The van der Waals surface area contributed by atoms with Crippen LogP contribution in [0.5, 0.6) is 0 Å². The van der Waals surface area contributed by atoms with E-state index in [0.717, 1.165) is 0 Å². The van der Waals surface area contributed by atoms with Gasteiger partial charge < -0.3 is 31.9 Å². The van der Waals surface area contributed by atoms with E-state index in [1.54, 1.807) is 6.92 Å². The molecule has 7 N–H and O–H groups in total. The molecule has 11 heteroatoms. The van der Waals surface area contributed by atoms with Crippen LogP contribution in [0.15, 0.2) is 0 Å². The minimum Gasteiger partial charge on any atom is -0.481 e.